The number of para-hydroxylation sites is 1. The number of aliphatic hydroxyl groups excluding tert-OH is 1. The second-order valence-electron chi connectivity index (χ2n) is 16.0. The molecule has 0 spiro atoms. The van der Waals surface area contributed by atoms with Gasteiger partial charge in [0, 0.05) is 29.1 Å². The molecule has 2 amide bonds. The minimum absolute atomic E-state index is 0.0233. The van der Waals surface area contributed by atoms with Crippen molar-refractivity contribution in [3.05, 3.63) is 107 Å². The number of nitrogens with zero attached hydrogens (tertiary/aromatic N) is 1. The maximum atomic E-state index is 14.4. The second-order valence-corrected chi connectivity index (χ2v) is 16.0. The SMILES string of the molecule is CC1=CCCC2(C)C(CCC2(O)CN(Cc2ccc(OC(F)(F)F)cc2)C(=O)Nc2ccccc2)c2ccc(cc2C(=O)C2CCCCC2)CC(O)CC1. The fourth-order valence-electron chi connectivity index (χ4n) is 9.05. The van der Waals surface area contributed by atoms with Crippen molar-refractivity contribution in [2.75, 3.05) is 11.9 Å². The molecular weight excluding hydrogens is 693 g/mol. The summed E-state index contributed by atoms with van der Waals surface area (Å²) >= 11 is 0. The smallest absolute Gasteiger partial charge is 0.406 e. The molecule has 0 heterocycles. The number of hydrogen-bond acceptors (Lipinski definition) is 5. The van der Waals surface area contributed by atoms with E-state index in [1.807, 2.05) is 24.3 Å². The van der Waals surface area contributed by atoms with Crippen molar-refractivity contribution in [1.82, 2.24) is 4.90 Å². The van der Waals surface area contributed by atoms with Gasteiger partial charge in [-0.2, -0.15) is 0 Å². The van der Waals surface area contributed by atoms with Crippen LogP contribution in [0.3, 0.4) is 0 Å². The number of urea groups is 1. The number of aliphatic hydroxyl groups is 2. The molecule has 0 saturated heterocycles. The predicted octanol–water partition coefficient (Wildman–Crippen LogP) is 10.1. The molecule has 7 rings (SSSR count). The van der Waals surface area contributed by atoms with Crippen LogP contribution < -0.4 is 10.1 Å². The first-order valence-corrected chi connectivity index (χ1v) is 19.4. The van der Waals surface area contributed by atoms with Crippen molar-refractivity contribution >= 4 is 17.5 Å². The number of amides is 2. The van der Waals surface area contributed by atoms with Crippen LogP contribution in [0.5, 0.6) is 5.75 Å². The summed E-state index contributed by atoms with van der Waals surface area (Å²) in [5.74, 6) is -0.473. The van der Waals surface area contributed by atoms with E-state index in [0.717, 1.165) is 55.2 Å². The Balaban J connectivity index is 1.38. The van der Waals surface area contributed by atoms with Crippen LogP contribution in [0.15, 0.2) is 84.4 Å². The molecule has 0 aliphatic heterocycles. The molecule has 3 N–H and O–H groups in total. The van der Waals surface area contributed by atoms with Crippen LogP contribution in [-0.4, -0.2) is 51.5 Å². The van der Waals surface area contributed by atoms with Gasteiger partial charge in [0.1, 0.15) is 5.75 Å². The number of carbonyl (C=O) groups is 2. The van der Waals surface area contributed by atoms with Crippen LogP contribution in [0, 0.1) is 11.3 Å². The summed E-state index contributed by atoms with van der Waals surface area (Å²) in [5, 5.41) is 26.9. The molecule has 4 aliphatic rings. The van der Waals surface area contributed by atoms with E-state index in [0.29, 0.717) is 55.3 Å². The second kappa shape index (κ2) is 16.7. The highest BCUT2D eigenvalue weighted by Crippen LogP contribution is 2.59. The highest BCUT2D eigenvalue weighted by atomic mass is 19.4. The van der Waals surface area contributed by atoms with E-state index in [1.165, 1.54) is 29.2 Å². The zero-order valence-electron chi connectivity index (χ0n) is 31.3. The topological polar surface area (TPSA) is 99.1 Å². The summed E-state index contributed by atoms with van der Waals surface area (Å²) in [6, 6.07) is 20.0. The quantitative estimate of drug-likeness (QED) is 0.158. The molecule has 3 aromatic carbocycles. The van der Waals surface area contributed by atoms with E-state index in [4.69, 9.17) is 0 Å². The first-order chi connectivity index (χ1) is 25.7. The summed E-state index contributed by atoms with van der Waals surface area (Å²) in [6.07, 6.45) is 5.74. The first kappa shape index (κ1) is 39.5. The Morgan fingerprint density at radius 2 is 1.67 bits per heavy atom. The number of fused-ring (bicyclic) bond motifs is 8. The summed E-state index contributed by atoms with van der Waals surface area (Å²) in [7, 11) is 0. The maximum absolute atomic E-state index is 14.4. The minimum Gasteiger partial charge on any atom is -0.406 e. The van der Waals surface area contributed by atoms with Gasteiger partial charge in [0.2, 0.25) is 0 Å². The zero-order chi connectivity index (χ0) is 38.5. The molecule has 7 nitrogen and oxygen atoms in total. The van der Waals surface area contributed by atoms with Crippen LogP contribution in [0.2, 0.25) is 0 Å². The number of allylic oxidation sites excluding steroid dienone is 2. The third kappa shape index (κ3) is 9.37. The molecule has 2 fully saturated rings. The Labute approximate surface area is 316 Å². The van der Waals surface area contributed by atoms with Crippen LogP contribution >= 0.6 is 0 Å². The summed E-state index contributed by atoms with van der Waals surface area (Å²) < 4.78 is 42.7. The number of Topliss-reactive ketones (excluding diaryl/α,β-unsaturated/α-hetero) is 1. The van der Waals surface area contributed by atoms with E-state index in [9.17, 15) is 33.0 Å². The molecule has 4 unspecified atom stereocenters. The van der Waals surface area contributed by atoms with Crippen molar-refractivity contribution in [1.29, 1.82) is 0 Å². The number of ether oxygens (including phenoxy) is 1. The average molecular weight is 747 g/mol. The molecule has 2 saturated carbocycles. The van der Waals surface area contributed by atoms with Gasteiger partial charge >= 0.3 is 12.4 Å². The molecular formula is C44H53F3N2O5. The third-order valence-electron chi connectivity index (χ3n) is 12.2. The molecule has 0 radical (unpaired) electrons. The van der Waals surface area contributed by atoms with Gasteiger partial charge in [-0.1, -0.05) is 80.3 Å². The molecule has 4 aliphatic carbocycles. The molecule has 4 atom stereocenters. The lowest BCUT2D eigenvalue weighted by Gasteiger charge is -2.46. The van der Waals surface area contributed by atoms with Crippen LogP contribution in [-0.2, 0) is 13.0 Å². The maximum Gasteiger partial charge on any atom is 0.573 e. The van der Waals surface area contributed by atoms with E-state index in [-0.39, 0.29) is 36.5 Å². The van der Waals surface area contributed by atoms with Crippen molar-refractivity contribution in [2.24, 2.45) is 11.3 Å². The monoisotopic (exact) mass is 746 g/mol. The van der Waals surface area contributed by atoms with E-state index < -0.39 is 29.5 Å². The number of carbonyl (C=O) groups excluding carboxylic acids is 2. The summed E-state index contributed by atoms with van der Waals surface area (Å²) in [4.78, 5) is 30.0. The van der Waals surface area contributed by atoms with Crippen molar-refractivity contribution in [2.45, 2.75) is 121 Å². The molecule has 290 valence electrons. The van der Waals surface area contributed by atoms with Crippen molar-refractivity contribution < 1.29 is 37.7 Å². The first-order valence-electron chi connectivity index (χ1n) is 19.4. The number of rotatable bonds is 8. The number of nitrogens with one attached hydrogen (secondary N) is 1. The van der Waals surface area contributed by atoms with Crippen LogP contribution in [0.1, 0.15) is 117 Å². The number of ketones is 1. The van der Waals surface area contributed by atoms with Crippen molar-refractivity contribution in [3.8, 4) is 5.75 Å². The number of halogens is 3. The number of anilines is 1. The number of hydrogen-bond donors (Lipinski definition) is 3. The Morgan fingerprint density at radius 3 is 2.37 bits per heavy atom. The Bertz CT molecular complexity index is 1790. The molecule has 2 bridgehead atoms. The van der Waals surface area contributed by atoms with E-state index >= 15 is 0 Å². The van der Waals surface area contributed by atoms with Gasteiger partial charge in [-0.25, -0.2) is 4.79 Å². The van der Waals surface area contributed by atoms with Gasteiger partial charge < -0.3 is 25.2 Å². The van der Waals surface area contributed by atoms with Crippen LogP contribution in [0.4, 0.5) is 23.7 Å². The number of benzene rings is 3. The lowest BCUT2D eigenvalue weighted by molar-refractivity contribution is -0.274. The molecule has 10 heteroatoms. The van der Waals surface area contributed by atoms with Gasteiger partial charge in [-0.3, -0.25) is 4.79 Å². The van der Waals surface area contributed by atoms with E-state index in [1.54, 1.807) is 24.3 Å². The van der Waals surface area contributed by atoms with Crippen LogP contribution in [0.25, 0.3) is 0 Å². The lowest BCUT2D eigenvalue weighted by atomic mass is 9.64. The van der Waals surface area contributed by atoms with Gasteiger partial charge in [0.25, 0.3) is 0 Å². The number of alkyl halides is 3. The average Bonchev–Trinajstić information content (AvgIpc) is 3.39. The Kier molecular flexibility index (Phi) is 12.2. The summed E-state index contributed by atoms with van der Waals surface area (Å²) in [5.41, 5.74) is 2.68. The molecule has 54 heavy (non-hydrogen) atoms. The van der Waals surface area contributed by atoms with Gasteiger partial charge in [-0.05, 0) is 118 Å². The van der Waals surface area contributed by atoms with E-state index in [2.05, 4.69) is 30.0 Å². The van der Waals surface area contributed by atoms with Gasteiger partial charge in [0.15, 0.2) is 5.78 Å². The summed E-state index contributed by atoms with van der Waals surface area (Å²) in [6.45, 7) is 4.13. The normalized spacial score (nSPS) is 25.3. The van der Waals surface area contributed by atoms with Crippen molar-refractivity contribution in [3.63, 3.8) is 0 Å². The zero-order valence-corrected chi connectivity index (χ0v) is 31.3. The Morgan fingerprint density at radius 1 is 0.944 bits per heavy atom. The van der Waals surface area contributed by atoms with Gasteiger partial charge in [-0.15, -0.1) is 13.2 Å². The van der Waals surface area contributed by atoms with Gasteiger partial charge in [0.05, 0.1) is 18.2 Å². The fourth-order valence-corrected chi connectivity index (χ4v) is 9.05. The minimum atomic E-state index is -4.83. The predicted molar refractivity (Wildman–Crippen MR) is 203 cm³/mol. The Hall–Kier alpha value is -4.15. The third-order valence-corrected chi connectivity index (χ3v) is 12.2. The highest BCUT2D eigenvalue weighted by molar-refractivity contribution is 5.99. The lowest BCUT2D eigenvalue weighted by Crippen LogP contribution is -2.54. The molecule has 0 aromatic heterocycles. The molecule has 3 aromatic rings. The largest absolute Gasteiger partial charge is 0.573 e. The fraction of sp³-hybridized carbons (Fsp3) is 0.500. The highest BCUT2D eigenvalue weighted by Gasteiger charge is 2.57. The standard InChI is InChI=1S/C44H53F3N2O5/c1-30-10-9-24-42(2)39(37-22-18-32(26-35(50)19-15-30)27-38(37)40(51)33-11-5-3-6-12-33)23-25-43(42,53)29-49(41(52)48-34-13-7-4-8-14-34)28-31-16-20-36(21-17-31)54-44(45,46)47/h4,7-8,10,13-14,16-18,20-22,27,33,35,39,50,53H,3,5-6,9,11-12,15,19,23-26,28-29H2,1-2H3,(H,48,52).